The number of benzene rings is 2. The monoisotopic (exact) mass is 414 g/mol. The van der Waals surface area contributed by atoms with Gasteiger partial charge in [0, 0.05) is 13.1 Å². The summed E-state index contributed by atoms with van der Waals surface area (Å²) in [6.45, 7) is 6.66. The molecule has 0 heterocycles. The van der Waals surface area contributed by atoms with Crippen LogP contribution in [0.1, 0.15) is 38.3 Å². The zero-order valence-electron chi connectivity index (χ0n) is 18.2. The lowest BCUT2D eigenvalue weighted by Crippen LogP contribution is -2.50. The molecule has 2 amide bonds. The maximum atomic E-state index is 14.1. The molecule has 2 aromatic rings. The van der Waals surface area contributed by atoms with Crippen LogP contribution in [0.25, 0.3) is 0 Å². The number of nitrogens with one attached hydrogen (secondary N) is 1. The van der Waals surface area contributed by atoms with Gasteiger partial charge in [0.05, 0.1) is 13.5 Å². The molecule has 162 valence electrons. The van der Waals surface area contributed by atoms with E-state index in [1.54, 1.807) is 25.3 Å². The molecular weight excluding hydrogens is 383 g/mol. The van der Waals surface area contributed by atoms with Crippen LogP contribution in [0, 0.1) is 11.7 Å². The minimum absolute atomic E-state index is 0.107. The molecule has 30 heavy (non-hydrogen) atoms. The van der Waals surface area contributed by atoms with Crippen molar-refractivity contribution in [2.24, 2.45) is 5.92 Å². The van der Waals surface area contributed by atoms with E-state index < -0.39 is 11.9 Å². The van der Waals surface area contributed by atoms with Crippen LogP contribution in [0.3, 0.4) is 0 Å². The van der Waals surface area contributed by atoms with Crippen molar-refractivity contribution >= 4 is 11.8 Å². The van der Waals surface area contributed by atoms with Gasteiger partial charge in [0.1, 0.15) is 17.6 Å². The summed E-state index contributed by atoms with van der Waals surface area (Å²) in [5.41, 5.74) is 1.15. The van der Waals surface area contributed by atoms with E-state index in [2.05, 4.69) is 5.32 Å². The van der Waals surface area contributed by atoms with Gasteiger partial charge in [-0.1, -0.05) is 51.1 Å². The first-order valence-corrected chi connectivity index (χ1v) is 10.3. The summed E-state index contributed by atoms with van der Waals surface area (Å²) in [4.78, 5) is 27.6. The van der Waals surface area contributed by atoms with E-state index in [4.69, 9.17) is 4.74 Å². The third kappa shape index (κ3) is 6.58. The fourth-order valence-corrected chi connectivity index (χ4v) is 3.22. The Morgan fingerprint density at radius 2 is 1.87 bits per heavy atom. The minimum Gasteiger partial charge on any atom is -0.497 e. The molecule has 5 nitrogen and oxygen atoms in total. The van der Waals surface area contributed by atoms with E-state index in [0.29, 0.717) is 30.2 Å². The second kappa shape index (κ2) is 11.3. The van der Waals surface area contributed by atoms with Crippen molar-refractivity contribution in [2.45, 2.75) is 46.2 Å². The molecule has 0 bridgehead atoms. The van der Waals surface area contributed by atoms with Gasteiger partial charge in [0.2, 0.25) is 11.8 Å². The SMILES string of the molecule is CCC(C(=O)NCC(C)C)N(Cc1cccc(OC)c1)C(=O)Cc1ccccc1F. The molecule has 0 saturated heterocycles. The largest absolute Gasteiger partial charge is 0.497 e. The Balaban J connectivity index is 2.30. The average Bonchev–Trinajstić information content (AvgIpc) is 2.73. The highest BCUT2D eigenvalue weighted by Gasteiger charge is 2.29. The zero-order chi connectivity index (χ0) is 22.1. The summed E-state index contributed by atoms with van der Waals surface area (Å²) >= 11 is 0. The number of ether oxygens (including phenoxy) is 1. The number of rotatable bonds is 10. The van der Waals surface area contributed by atoms with Crippen molar-refractivity contribution in [1.82, 2.24) is 10.2 Å². The lowest BCUT2D eigenvalue weighted by molar-refractivity contribution is -0.141. The van der Waals surface area contributed by atoms with E-state index in [1.807, 2.05) is 45.0 Å². The van der Waals surface area contributed by atoms with Crippen molar-refractivity contribution in [3.63, 3.8) is 0 Å². The fourth-order valence-electron chi connectivity index (χ4n) is 3.22. The molecular formula is C24H31FN2O3. The highest BCUT2D eigenvalue weighted by molar-refractivity contribution is 5.88. The van der Waals surface area contributed by atoms with Crippen molar-refractivity contribution in [3.8, 4) is 5.75 Å². The summed E-state index contributed by atoms with van der Waals surface area (Å²) in [6.07, 6.45) is 0.349. The fraction of sp³-hybridized carbons (Fsp3) is 0.417. The number of carbonyl (C=O) groups is 2. The number of hydrogen-bond acceptors (Lipinski definition) is 3. The Morgan fingerprint density at radius 1 is 1.13 bits per heavy atom. The van der Waals surface area contributed by atoms with E-state index >= 15 is 0 Å². The highest BCUT2D eigenvalue weighted by atomic mass is 19.1. The van der Waals surface area contributed by atoms with Crippen molar-refractivity contribution in [1.29, 1.82) is 0 Å². The first-order chi connectivity index (χ1) is 14.3. The summed E-state index contributed by atoms with van der Waals surface area (Å²) in [5.74, 6) is 0.0497. The Hall–Kier alpha value is -2.89. The molecule has 0 saturated carbocycles. The minimum atomic E-state index is -0.644. The average molecular weight is 415 g/mol. The van der Waals surface area contributed by atoms with Gasteiger partial charge < -0.3 is 15.0 Å². The molecule has 0 aliphatic carbocycles. The molecule has 6 heteroatoms. The van der Waals surface area contributed by atoms with Crippen LogP contribution < -0.4 is 10.1 Å². The van der Waals surface area contributed by atoms with Crippen LogP contribution in [-0.4, -0.2) is 36.4 Å². The predicted octanol–water partition coefficient (Wildman–Crippen LogP) is 3.96. The smallest absolute Gasteiger partial charge is 0.242 e. The van der Waals surface area contributed by atoms with Crippen LogP contribution in [-0.2, 0) is 22.6 Å². The molecule has 1 N–H and O–H groups in total. The summed E-state index contributed by atoms with van der Waals surface area (Å²) in [5, 5.41) is 2.92. The topological polar surface area (TPSA) is 58.6 Å². The Bertz CT molecular complexity index is 854. The molecule has 0 aromatic heterocycles. The van der Waals surface area contributed by atoms with Gasteiger partial charge in [-0.25, -0.2) is 4.39 Å². The quantitative estimate of drug-likeness (QED) is 0.640. The lowest BCUT2D eigenvalue weighted by Gasteiger charge is -2.31. The second-order valence-corrected chi connectivity index (χ2v) is 7.70. The van der Waals surface area contributed by atoms with Crippen molar-refractivity contribution < 1.29 is 18.7 Å². The first kappa shape index (κ1) is 23.4. The maximum absolute atomic E-state index is 14.1. The molecule has 0 aliphatic rings. The molecule has 0 spiro atoms. The van der Waals surface area contributed by atoms with Crippen LogP contribution >= 0.6 is 0 Å². The predicted molar refractivity (Wildman–Crippen MR) is 116 cm³/mol. The zero-order valence-corrected chi connectivity index (χ0v) is 18.2. The molecule has 0 fully saturated rings. The van der Waals surface area contributed by atoms with Gasteiger partial charge in [-0.3, -0.25) is 9.59 Å². The molecule has 1 unspecified atom stereocenters. The standard InChI is InChI=1S/C24H31FN2O3/c1-5-22(24(29)26-15-17(2)3)27(16-18-9-8-11-20(13-18)30-4)23(28)14-19-10-6-7-12-21(19)25/h6-13,17,22H,5,14-16H2,1-4H3,(H,26,29). The molecule has 2 rings (SSSR count). The maximum Gasteiger partial charge on any atom is 0.242 e. The van der Waals surface area contributed by atoms with Gasteiger partial charge in [-0.05, 0) is 41.7 Å². The van der Waals surface area contributed by atoms with Gasteiger partial charge in [-0.2, -0.15) is 0 Å². The van der Waals surface area contributed by atoms with Gasteiger partial charge >= 0.3 is 0 Å². The molecule has 1 atom stereocenters. The third-order valence-corrected chi connectivity index (χ3v) is 4.86. The van der Waals surface area contributed by atoms with Gasteiger partial charge in [0.25, 0.3) is 0 Å². The van der Waals surface area contributed by atoms with E-state index in [0.717, 1.165) is 5.56 Å². The van der Waals surface area contributed by atoms with Crippen molar-refractivity contribution in [2.75, 3.05) is 13.7 Å². The van der Waals surface area contributed by atoms with Crippen LogP contribution in [0.2, 0.25) is 0 Å². The Labute approximate surface area is 178 Å². The molecule has 0 aliphatic heterocycles. The number of carbonyl (C=O) groups excluding carboxylic acids is 2. The van der Waals surface area contributed by atoms with Gasteiger partial charge in [0.15, 0.2) is 0 Å². The van der Waals surface area contributed by atoms with Gasteiger partial charge in [-0.15, -0.1) is 0 Å². The Morgan fingerprint density at radius 3 is 2.50 bits per heavy atom. The number of methoxy groups -OCH3 is 1. The number of hydrogen-bond donors (Lipinski definition) is 1. The van der Waals surface area contributed by atoms with Crippen LogP contribution in [0.5, 0.6) is 5.75 Å². The van der Waals surface area contributed by atoms with E-state index in [1.165, 1.54) is 11.0 Å². The molecule has 2 aromatic carbocycles. The normalized spacial score (nSPS) is 11.8. The summed E-state index contributed by atoms with van der Waals surface area (Å²) in [6, 6.07) is 12.9. The van der Waals surface area contributed by atoms with E-state index in [9.17, 15) is 14.0 Å². The van der Waals surface area contributed by atoms with Crippen LogP contribution in [0.15, 0.2) is 48.5 Å². The highest BCUT2D eigenvalue weighted by Crippen LogP contribution is 2.19. The first-order valence-electron chi connectivity index (χ1n) is 10.3. The summed E-state index contributed by atoms with van der Waals surface area (Å²) < 4.78 is 19.4. The van der Waals surface area contributed by atoms with Crippen LogP contribution in [0.4, 0.5) is 4.39 Å². The summed E-state index contributed by atoms with van der Waals surface area (Å²) in [7, 11) is 1.58. The second-order valence-electron chi connectivity index (χ2n) is 7.70. The lowest BCUT2D eigenvalue weighted by atomic mass is 10.1. The Kier molecular flexibility index (Phi) is 8.84. The molecule has 0 radical (unpaired) electrons. The number of amides is 2. The van der Waals surface area contributed by atoms with Crippen molar-refractivity contribution in [3.05, 3.63) is 65.5 Å². The number of nitrogens with zero attached hydrogens (tertiary/aromatic N) is 1. The number of halogens is 1. The third-order valence-electron chi connectivity index (χ3n) is 4.86. The van der Waals surface area contributed by atoms with E-state index in [-0.39, 0.29) is 24.8 Å².